The van der Waals surface area contributed by atoms with Crippen LogP contribution in [0.1, 0.15) is 90.5 Å². The molecule has 16 nitrogen and oxygen atoms in total. The maximum absolute atomic E-state index is 14.6. The topological polar surface area (TPSA) is 230 Å². The molecule has 2 aromatic rings. The van der Waals surface area contributed by atoms with Gasteiger partial charge in [-0.2, -0.15) is 0 Å². The molecule has 0 bridgehead atoms. The van der Waals surface area contributed by atoms with Gasteiger partial charge in [0.2, 0.25) is 27.7 Å². The maximum Gasteiger partial charge on any atom is 0.265 e. The molecule has 0 spiro atoms. The number of sulfonamides is 1. The number of pyridine rings is 1. The van der Waals surface area contributed by atoms with Gasteiger partial charge in [-0.1, -0.05) is 25.0 Å². The zero-order valence-corrected chi connectivity index (χ0v) is 33.9. The number of nitrogens with one attached hydrogen (secondary N) is 5. The van der Waals surface area contributed by atoms with Gasteiger partial charge in [-0.15, -0.1) is 0 Å². The lowest BCUT2D eigenvalue weighted by Crippen LogP contribution is -2.58. The Bertz CT molecular complexity index is 2100. The van der Waals surface area contributed by atoms with Crippen LogP contribution in [-0.2, 0) is 29.2 Å². The Kier molecular flexibility index (Phi) is 12.0. The van der Waals surface area contributed by atoms with E-state index >= 15 is 0 Å². The predicted molar refractivity (Wildman–Crippen MR) is 212 cm³/mol. The van der Waals surface area contributed by atoms with Crippen LogP contribution >= 0.6 is 0 Å². The highest BCUT2D eigenvalue weighted by atomic mass is 32.2. The summed E-state index contributed by atoms with van der Waals surface area (Å²) in [5, 5.41) is 21.7. The Labute approximate surface area is 332 Å². The molecule has 5 unspecified atom stereocenters. The van der Waals surface area contributed by atoms with Crippen molar-refractivity contribution in [2.24, 2.45) is 5.92 Å². The standard InChI is InChI=1S/C40H53N7O9S/c1-23(2)55-33-20-32(27-13-14-31(54-5)24(3)34(27)44-33)56-26-19-30-36(49)45-40(38(51)46-57(52,53)39(4)16-17-39)21-25(40)11-9-7-6-8-10-12-29(37(50)47(30)22-26)43-35(48)28(42)15-18-41/h9,11,13-14,18,20,23,25-26,29-30,41-42H,6-8,10,12,15-17,19,21-22H2,1-5H3,(H,43,48)(H,45,49)(H,46,51). The highest BCUT2D eigenvalue weighted by Crippen LogP contribution is 2.47. The van der Waals surface area contributed by atoms with Gasteiger partial charge in [0, 0.05) is 42.0 Å². The van der Waals surface area contributed by atoms with Crippen LogP contribution in [0.2, 0.25) is 0 Å². The van der Waals surface area contributed by atoms with Crippen LogP contribution < -0.4 is 29.6 Å². The summed E-state index contributed by atoms with van der Waals surface area (Å²) in [6.07, 6.45) is 7.43. The summed E-state index contributed by atoms with van der Waals surface area (Å²) in [6, 6.07) is 2.98. The van der Waals surface area contributed by atoms with Gasteiger partial charge in [-0.3, -0.25) is 29.3 Å². The number of nitrogens with zero attached hydrogens (tertiary/aromatic N) is 2. The summed E-state index contributed by atoms with van der Waals surface area (Å²) < 4.78 is 45.7. The monoisotopic (exact) mass is 807 g/mol. The van der Waals surface area contributed by atoms with Gasteiger partial charge in [0.05, 0.1) is 30.0 Å². The van der Waals surface area contributed by atoms with Crippen LogP contribution in [0, 0.1) is 23.7 Å². The number of aromatic nitrogens is 1. The van der Waals surface area contributed by atoms with Crippen LogP contribution in [0.15, 0.2) is 30.4 Å². The first-order chi connectivity index (χ1) is 27.0. The van der Waals surface area contributed by atoms with E-state index in [1.165, 1.54) is 4.90 Å². The summed E-state index contributed by atoms with van der Waals surface area (Å²) in [5.41, 5.74) is -0.607. The molecule has 2 saturated carbocycles. The molecule has 308 valence electrons. The van der Waals surface area contributed by atoms with Crippen molar-refractivity contribution in [3.63, 3.8) is 0 Å². The Morgan fingerprint density at radius 1 is 1.16 bits per heavy atom. The average Bonchev–Trinajstić information content (AvgIpc) is 4.03. The number of ether oxygens (including phenoxy) is 3. The molecule has 5 atom stereocenters. The lowest BCUT2D eigenvalue weighted by atomic mass is 10.0. The molecule has 1 saturated heterocycles. The molecule has 1 aromatic carbocycles. The van der Waals surface area contributed by atoms with Gasteiger partial charge in [0.1, 0.15) is 40.9 Å². The van der Waals surface area contributed by atoms with Gasteiger partial charge in [-0.25, -0.2) is 13.4 Å². The number of aryl methyl sites for hydroxylation is 1. The van der Waals surface area contributed by atoms with E-state index in [2.05, 4.69) is 15.4 Å². The Morgan fingerprint density at radius 2 is 1.91 bits per heavy atom. The Hall–Kier alpha value is -5.06. The Balaban J connectivity index is 1.36. The van der Waals surface area contributed by atoms with Gasteiger partial charge in [0.25, 0.3) is 11.8 Å². The van der Waals surface area contributed by atoms with E-state index in [1.807, 2.05) is 39.0 Å². The minimum absolute atomic E-state index is 0.00421. The van der Waals surface area contributed by atoms with E-state index in [4.69, 9.17) is 30.0 Å². The fraction of sp³-hybridized carbons (Fsp3) is 0.575. The van der Waals surface area contributed by atoms with E-state index in [1.54, 1.807) is 26.2 Å². The van der Waals surface area contributed by atoms with E-state index < -0.39 is 68.0 Å². The van der Waals surface area contributed by atoms with Crippen LogP contribution in [0.4, 0.5) is 0 Å². The number of amides is 4. The van der Waals surface area contributed by atoms with Crippen molar-refractivity contribution in [1.82, 2.24) is 25.2 Å². The van der Waals surface area contributed by atoms with Crippen LogP contribution in [-0.4, -0.2) is 102 Å². The first kappa shape index (κ1) is 41.6. The maximum atomic E-state index is 14.6. The first-order valence-electron chi connectivity index (χ1n) is 19.6. The van der Waals surface area contributed by atoms with Crippen LogP contribution in [0.25, 0.3) is 10.9 Å². The second-order valence-electron chi connectivity index (χ2n) is 16.0. The minimum Gasteiger partial charge on any atom is -0.496 e. The molecule has 1 aromatic heterocycles. The number of carbonyl (C=O) groups excluding carboxylic acids is 4. The smallest absolute Gasteiger partial charge is 0.265 e. The van der Waals surface area contributed by atoms with E-state index in [0.29, 0.717) is 60.4 Å². The molecule has 3 fully saturated rings. The van der Waals surface area contributed by atoms with E-state index in [-0.39, 0.29) is 44.0 Å². The summed E-state index contributed by atoms with van der Waals surface area (Å²) in [4.78, 5) is 62.1. The second kappa shape index (κ2) is 16.4. The van der Waals surface area contributed by atoms with Gasteiger partial charge < -0.3 is 35.2 Å². The summed E-state index contributed by atoms with van der Waals surface area (Å²) in [7, 11) is -2.46. The minimum atomic E-state index is -4.02. The summed E-state index contributed by atoms with van der Waals surface area (Å²) >= 11 is 0. The SMILES string of the molecule is COc1ccc2c(OC3CC4C(=O)NC5(C(=O)NS(=O)(=O)C6(C)CC6)CC5C=CCCCCCC(NC(=O)C(=N)CC=N)C(=O)N4C3)cc(OC(C)C)nc2c1C. The fourth-order valence-electron chi connectivity index (χ4n) is 7.54. The predicted octanol–water partition coefficient (Wildman–Crippen LogP) is 3.63. The first-order valence-corrected chi connectivity index (χ1v) is 21.1. The number of methoxy groups -OCH3 is 1. The normalized spacial score (nSPS) is 25.9. The van der Waals surface area contributed by atoms with Crippen LogP contribution in [0.3, 0.4) is 0 Å². The zero-order chi connectivity index (χ0) is 41.3. The zero-order valence-electron chi connectivity index (χ0n) is 33.1. The number of rotatable bonds is 12. The molecule has 57 heavy (non-hydrogen) atoms. The lowest BCUT2D eigenvalue weighted by Gasteiger charge is -2.30. The number of carbonyl (C=O) groups is 4. The molecule has 3 heterocycles. The number of benzene rings is 1. The summed E-state index contributed by atoms with van der Waals surface area (Å²) in [6.45, 7) is 7.11. The van der Waals surface area contributed by atoms with Crippen molar-refractivity contribution in [2.45, 2.75) is 126 Å². The van der Waals surface area contributed by atoms with Crippen molar-refractivity contribution >= 4 is 56.5 Å². The van der Waals surface area contributed by atoms with Gasteiger partial charge in [0.15, 0.2) is 0 Å². The quantitative estimate of drug-likeness (QED) is 0.155. The number of hydrogen-bond acceptors (Lipinski definition) is 12. The molecule has 4 aliphatic rings. The number of allylic oxidation sites excluding steroid dienone is 1. The molecular formula is C40H53N7O9S. The molecule has 5 N–H and O–H groups in total. The lowest BCUT2D eigenvalue weighted by molar-refractivity contribution is -0.142. The van der Waals surface area contributed by atoms with Crippen molar-refractivity contribution in [2.75, 3.05) is 13.7 Å². The fourth-order valence-corrected chi connectivity index (χ4v) is 8.86. The van der Waals surface area contributed by atoms with E-state index in [9.17, 15) is 27.6 Å². The molecule has 2 aliphatic carbocycles. The van der Waals surface area contributed by atoms with Crippen molar-refractivity contribution in [1.29, 1.82) is 10.8 Å². The molecule has 2 aliphatic heterocycles. The third-order valence-corrected chi connectivity index (χ3v) is 13.5. The van der Waals surface area contributed by atoms with Gasteiger partial charge in [-0.05, 0) is 78.4 Å². The molecule has 6 rings (SSSR count). The van der Waals surface area contributed by atoms with E-state index in [0.717, 1.165) is 18.2 Å². The third kappa shape index (κ3) is 8.77. The highest BCUT2D eigenvalue weighted by Gasteiger charge is 2.63. The largest absolute Gasteiger partial charge is 0.496 e. The average molecular weight is 808 g/mol. The second-order valence-corrected chi connectivity index (χ2v) is 18.2. The van der Waals surface area contributed by atoms with Crippen LogP contribution in [0.5, 0.6) is 17.4 Å². The Morgan fingerprint density at radius 3 is 2.60 bits per heavy atom. The molecular weight excluding hydrogens is 755 g/mol. The molecule has 17 heteroatoms. The molecule has 4 amide bonds. The van der Waals surface area contributed by atoms with Crippen molar-refractivity contribution in [3.8, 4) is 17.4 Å². The summed E-state index contributed by atoms with van der Waals surface area (Å²) in [5.74, 6) is -2.01. The van der Waals surface area contributed by atoms with Crippen molar-refractivity contribution in [3.05, 3.63) is 35.9 Å². The number of hydrogen-bond donors (Lipinski definition) is 5. The highest BCUT2D eigenvalue weighted by molar-refractivity contribution is 7.91. The van der Waals surface area contributed by atoms with Gasteiger partial charge >= 0.3 is 0 Å². The van der Waals surface area contributed by atoms with Crippen molar-refractivity contribution < 1.29 is 41.8 Å². The third-order valence-electron chi connectivity index (χ3n) is 11.4. The molecule has 0 radical (unpaired) electrons. The number of fused-ring (bicyclic) bond motifs is 3.